The number of carbonyl (C=O) groups excluding carboxylic acids is 1. The fraction of sp³-hybridized carbons (Fsp3) is 0.650. The summed E-state index contributed by atoms with van der Waals surface area (Å²) in [7, 11) is 0. The van der Waals surface area contributed by atoms with E-state index in [1.165, 1.54) is 0 Å². The van der Waals surface area contributed by atoms with Crippen molar-refractivity contribution < 1.29 is 9.90 Å². The van der Waals surface area contributed by atoms with Crippen molar-refractivity contribution in [3.05, 3.63) is 35.9 Å². The predicted molar refractivity (Wildman–Crippen MR) is 97.5 cm³/mol. The number of aliphatic hydroxyl groups excluding tert-OH is 1. The number of fused-ring (bicyclic) bond motifs is 2. The largest absolute Gasteiger partial charge is 0.392 e. The Morgan fingerprint density at radius 2 is 1.92 bits per heavy atom. The highest BCUT2D eigenvalue weighted by atomic mass is 16.3. The lowest BCUT2D eigenvalue weighted by Gasteiger charge is -2.61. The van der Waals surface area contributed by atoms with Crippen LogP contribution in [0.5, 0.6) is 0 Å². The quantitative estimate of drug-likeness (QED) is 0.898. The standard InChI is InChI=1S/C20H29N3O2/c1-15(2)9-21-12-20(13-21)14-22(10-17-8-18(24)11-23(17)20)19(25)16-6-4-3-5-7-16/h3-7,15,17-18,24H,8-14H2,1-2H3/t17-,18+/m0/s1. The number of piperazine rings is 1. The molecule has 136 valence electrons. The second-order valence-electron chi connectivity index (χ2n) is 8.54. The molecule has 3 heterocycles. The van der Waals surface area contributed by atoms with Gasteiger partial charge in [0, 0.05) is 50.9 Å². The zero-order valence-electron chi connectivity index (χ0n) is 15.3. The van der Waals surface area contributed by atoms with Gasteiger partial charge >= 0.3 is 0 Å². The van der Waals surface area contributed by atoms with E-state index in [-0.39, 0.29) is 23.6 Å². The van der Waals surface area contributed by atoms with Gasteiger partial charge in [-0.3, -0.25) is 14.6 Å². The monoisotopic (exact) mass is 343 g/mol. The second kappa shape index (κ2) is 6.38. The number of carbonyl (C=O) groups is 1. The molecular formula is C20H29N3O2. The van der Waals surface area contributed by atoms with Crippen molar-refractivity contribution >= 4 is 5.91 Å². The summed E-state index contributed by atoms with van der Waals surface area (Å²) in [5.41, 5.74) is 0.794. The molecule has 3 aliphatic heterocycles. The van der Waals surface area contributed by atoms with E-state index in [1.54, 1.807) is 0 Å². The van der Waals surface area contributed by atoms with Crippen LogP contribution in [0.4, 0.5) is 0 Å². The average molecular weight is 343 g/mol. The van der Waals surface area contributed by atoms with E-state index in [2.05, 4.69) is 23.6 Å². The molecule has 3 fully saturated rings. The molecule has 2 atom stereocenters. The highest BCUT2D eigenvalue weighted by Gasteiger charge is 2.56. The maximum absolute atomic E-state index is 13.0. The van der Waals surface area contributed by atoms with Gasteiger partial charge in [0.15, 0.2) is 0 Å². The Morgan fingerprint density at radius 1 is 1.20 bits per heavy atom. The Balaban J connectivity index is 1.53. The molecule has 1 aromatic carbocycles. The maximum atomic E-state index is 13.0. The number of rotatable bonds is 3. The van der Waals surface area contributed by atoms with E-state index >= 15 is 0 Å². The van der Waals surface area contributed by atoms with Gasteiger partial charge in [-0.15, -0.1) is 0 Å². The Hall–Kier alpha value is -1.43. The number of nitrogens with zero attached hydrogens (tertiary/aromatic N) is 3. The van der Waals surface area contributed by atoms with E-state index in [9.17, 15) is 9.90 Å². The molecule has 0 aliphatic carbocycles. The maximum Gasteiger partial charge on any atom is 0.253 e. The average Bonchev–Trinajstić information content (AvgIpc) is 2.93. The van der Waals surface area contributed by atoms with Gasteiger partial charge < -0.3 is 10.0 Å². The summed E-state index contributed by atoms with van der Waals surface area (Å²) in [4.78, 5) is 20.0. The van der Waals surface area contributed by atoms with Crippen molar-refractivity contribution in [2.75, 3.05) is 39.3 Å². The lowest BCUT2D eigenvalue weighted by atomic mass is 9.83. The molecule has 25 heavy (non-hydrogen) atoms. The molecule has 1 spiro atoms. The molecule has 5 nitrogen and oxygen atoms in total. The van der Waals surface area contributed by atoms with Crippen LogP contribution in [0.15, 0.2) is 30.3 Å². The van der Waals surface area contributed by atoms with Gasteiger partial charge in [-0.25, -0.2) is 0 Å². The van der Waals surface area contributed by atoms with E-state index in [0.717, 1.165) is 51.3 Å². The fourth-order valence-corrected chi connectivity index (χ4v) is 5.04. The Labute approximate surface area is 150 Å². The normalized spacial score (nSPS) is 29.0. The smallest absolute Gasteiger partial charge is 0.253 e. The van der Waals surface area contributed by atoms with E-state index < -0.39 is 0 Å². The van der Waals surface area contributed by atoms with Crippen LogP contribution >= 0.6 is 0 Å². The lowest BCUT2D eigenvalue weighted by Crippen LogP contribution is -2.78. The molecule has 1 N–H and O–H groups in total. The van der Waals surface area contributed by atoms with Crippen LogP contribution < -0.4 is 0 Å². The zero-order chi connectivity index (χ0) is 17.6. The first-order chi connectivity index (χ1) is 12.0. The number of benzene rings is 1. The van der Waals surface area contributed by atoms with Crippen molar-refractivity contribution in [2.24, 2.45) is 5.92 Å². The van der Waals surface area contributed by atoms with Crippen LogP contribution in [0.2, 0.25) is 0 Å². The molecule has 0 radical (unpaired) electrons. The number of aliphatic hydroxyl groups is 1. The second-order valence-corrected chi connectivity index (χ2v) is 8.54. The Kier molecular flexibility index (Phi) is 4.34. The lowest BCUT2D eigenvalue weighted by molar-refractivity contribution is -0.108. The van der Waals surface area contributed by atoms with Crippen molar-refractivity contribution in [1.82, 2.24) is 14.7 Å². The molecule has 0 aromatic heterocycles. The summed E-state index contributed by atoms with van der Waals surface area (Å²) in [5.74, 6) is 0.784. The van der Waals surface area contributed by atoms with Gasteiger partial charge in [0.25, 0.3) is 5.91 Å². The van der Waals surface area contributed by atoms with E-state index in [4.69, 9.17) is 0 Å². The number of hydrogen-bond donors (Lipinski definition) is 1. The van der Waals surface area contributed by atoms with Gasteiger partial charge in [0.1, 0.15) is 0 Å². The zero-order valence-corrected chi connectivity index (χ0v) is 15.3. The summed E-state index contributed by atoms with van der Waals surface area (Å²) in [6.45, 7) is 9.89. The van der Waals surface area contributed by atoms with Crippen LogP contribution in [0.3, 0.4) is 0 Å². The summed E-state index contributed by atoms with van der Waals surface area (Å²) < 4.78 is 0. The first-order valence-corrected chi connectivity index (χ1v) is 9.48. The van der Waals surface area contributed by atoms with Gasteiger partial charge in [-0.1, -0.05) is 32.0 Å². The van der Waals surface area contributed by atoms with Gasteiger partial charge in [-0.05, 0) is 24.5 Å². The third-order valence-electron chi connectivity index (χ3n) is 5.89. The van der Waals surface area contributed by atoms with E-state index in [1.807, 2.05) is 35.2 Å². The highest BCUT2D eigenvalue weighted by Crippen LogP contribution is 2.39. The van der Waals surface area contributed by atoms with E-state index in [0.29, 0.717) is 5.92 Å². The minimum Gasteiger partial charge on any atom is -0.392 e. The van der Waals surface area contributed by atoms with Gasteiger partial charge in [0.05, 0.1) is 11.6 Å². The first-order valence-electron chi connectivity index (χ1n) is 9.48. The molecule has 1 aromatic rings. The number of likely N-dealkylation sites (tertiary alicyclic amines) is 1. The molecule has 3 aliphatic rings. The molecule has 1 amide bonds. The minimum atomic E-state index is -0.257. The minimum absolute atomic E-state index is 0.0275. The van der Waals surface area contributed by atoms with Crippen molar-refractivity contribution in [1.29, 1.82) is 0 Å². The molecular weight excluding hydrogens is 314 g/mol. The van der Waals surface area contributed by atoms with Crippen molar-refractivity contribution in [2.45, 2.75) is 38.0 Å². The third-order valence-corrected chi connectivity index (χ3v) is 5.89. The van der Waals surface area contributed by atoms with Crippen LogP contribution in [-0.2, 0) is 0 Å². The van der Waals surface area contributed by atoms with Crippen LogP contribution in [0.1, 0.15) is 30.6 Å². The summed E-state index contributed by atoms with van der Waals surface area (Å²) >= 11 is 0. The highest BCUT2D eigenvalue weighted by molar-refractivity contribution is 5.94. The van der Waals surface area contributed by atoms with Crippen molar-refractivity contribution in [3.63, 3.8) is 0 Å². The molecule has 5 heteroatoms. The SMILES string of the molecule is CC(C)CN1CC2(C1)CN(C(=O)c1ccccc1)C[C@@H]1C[C@@H](O)CN12. The van der Waals surface area contributed by atoms with Crippen LogP contribution in [0, 0.1) is 5.92 Å². The van der Waals surface area contributed by atoms with Gasteiger partial charge in [-0.2, -0.15) is 0 Å². The Bertz CT molecular complexity index is 627. The number of amides is 1. The fourth-order valence-electron chi connectivity index (χ4n) is 5.04. The predicted octanol–water partition coefficient (Wildman–Crippen LogP) is 1.29. The first kappa shape index (κ1) is 17.0. The van der Waals surface area contributed by atoms with Crippen LogP contribution in [0.25, 0.3) is 0 Å². The number of β-amino-alcohol motifs (C(OH)–C–C–N with tert-alkyl or cyclic N) is 1. The summed E-state index contributed by atoms with van der Waals surface area (Å²) in [6, 6.07) is 9.88. The molecule has 3 saturated heterocycles. The molecule has 0 saturated carbocycles. The topological polar surface area (TPSA) is 47.0 Å². The van der Waals surface area contributed by atoms with Crippen molar-refractivity contribution in [3.8, 4) is 0 Å². The Morgan fingerprint density at radius 3 is 2.60 bits per heavy atom. The number of hydrogen-bond acceptors (Lipinski definition) is 4. The molecule has 0 bridgehead atoms. The molecule has 0 unspecified atom stereocenters. The molecule has 4 rings (SSSR count). The summed E-state index contributed by atoms with van der Waals surface area (Å²) in [5, 5.41) is 10.2. The summed E-state index contributed by atoms with van der Waals surface area (Å²) in [6.07, 6.45) is 0.526. The van der Waals surface area contributed by atoms with Gasteiger partial charge in [0.2, 0.25) is 0 Å². The third kappa shape index (κ3) is 3.09. The van der Waals surface area contributed by atoms with Crippen LogP contribution in [-0.4, -0.2) is 82.7 Å².